The summed E-state index contributed by atoms with van der Waals surface area (Å²) >= 11 is 0. The van der Waals surface area contributed by atoms with Crippen molar-refractivity contribution in [3.8, 4) is 0 Å². The van der Waals surface area contributed by atoms with E-state index in [1.54, 1.807) is 0 Å². The second-order valence-corrected chi connectivity index (χ2v) is 20.2. The van der Waals surface area contributed by atoms with Crippen LogP contribution in [-0.2, 0) is 28.6 Å². The lowest BCUT2D eigenvalue weighted by atomic mass is 10.0. The first-order chi connectivity index (χ1) is 36.0. The molecule has 0 aliphatic carbocycles. The molecule has 6 heteroatoms. The Morgan fingerprint density at radius 3 is 0.863 bits per heavy atom. The molecule has 0 bridgehead atoms. The molecule has 0 aromatic rings. The van der Waals surface area contributed by atoms with Crippen LogP contribution in [0.15, 0.2) is 97.2 Å². The van der Waals surface area contributed by atoms with Gasteiger partial charge < -0.3 is 14.2 Å². The summed E-state index contributed by atoms with van der Waals surface area (Å²) in [7, 11) is 0. The molecule has 0 aliphatic heterocycles. The Bertz CT molecular complexity index is 1440. The van der Waals surface area contributed by atoms with Crippen molar-refractivity contribution in [2.24, 2.45) is 0 Å². The van der Waals surface area contributed by atoms with Gasteiger partial charge in [0.25, 0.3) is 0 Å². The summed E-state index contributed by atoms with van der Waals surface area (Å²) in [4.78, 5) is 38.1. The van der Waals surface area contributed by atoms with Gasteiger partial charge in [-0.3, -0.25) is 14.4 Å². The quantitative estimate of drug-likeness (QED) is 0.0261. The number of carbonyl (C=O) groups is 3. The van der Waals surface area contributed by atoms with E-state index in [2.05, 4.69) is 118 Å². The van der Waals surface area contributed by atoms with Crippen LogP contribution in [0.5, 0.6) is 0 Å². The van der Waals surface area contributed by atoms with E-state index in [-0.39, 0.29) is 31.1 Å². The predicted octanol–water partition coefficient (Wildman–Crippen LogP) is 20.9. The zero-order valence-electron chi connectivity index (χ0n) is 47.9. The summed E-state index contributed by atoms with van der Waals surface area (Å²) in [5, 5.41) is 0. The lowest BCUT2D eigenvalue weighted by Gasteiger charge is -2.18. The minimum atomic E-state index is -0.795. The van der Waals surface area contributed by atoms with E-state index in [4.69, 9.17) is 14.2 Å². The molecular weight excluding hydrogens is 901 g/mol. The van der Waals surface area contributed by atoms with Gasteiger partial charge in [0.2, 0.25) is 0 Å². The highest BCUT2D eigenvalue weighted by Gasteiger charge is 2.19. The Kier molecular flexibility index (Phi) is 57.8. The molecule has 418 valence electrons. The molecule has 0 saturated carbocycles. The molecule has 0 aromatic heterocycles. The minimum absolute atomic E-state index is 0.0903. The topological polar surface area (TPSA) is 78.9 Å². The van der Waals surface area contributed by atoms with Gasteiger partial charge >= 0.3 is 17.9 Å². The molecule has 0 radical (unpaired) electrons. The standard InChI is InChI=1S/C67H114O6/c1-4-7-10-13-16-19-22-25-26-27-28-29-30-31-32-33-34-35-36-37-38-39-40-43-45-48-51-54-57-60-66(69)72-63-64(73-67(70)61-58-55-52-49-46-42-24-21-18-15-12-9-6-3)62-71-65(68)59-56-53-50-47-44-41-23-20-17-14-11-8-5-2/h7,9-10,12,16,18-21,23,25-26,28-29,42,46,64H,4-6,8,11,13-15,17,22,24,27,30-41,43-45,47-63H2,1-3H3/b10-7-,12-9-,19-16-,21-18-,23-20-,26-25-,29-28-,46-42-. The second kappa shape index (κ2) is 60.9. The van der Waals surface area contributed by atoms with Crippen LogP contribution in [0.25, 0.3) is 0 Å². The van der Waals surface area contributed by atoms with Crippen LogP contribution >= 0.6 is 0 Å². The first-order valence-electron chi connectivity index (χ1n) is 30.7. The van der Waals surface area contributed by atoms with Gasteiger partial charge in [0.05, 0.1) is 0 Å². The van der Waals surface area contributed by atoms with E-state index in [0.717, 1.165) is 116 Å². The number of allylic oxidation sites excluding steroid dienone is 16. The van der Waals surface area contributed by atoms with Gasteiger partial charge in [-0.15, -0.1) is 0 Å². The van der Waals surface area contributed by atoms with Gasteiger partial charge in [0, 0.05) is 19.3 Å². The zero-order chi connectivity index (χ0) is 52.9. The third-order valence-electron chi connectivity index (χ3n) is 13.1. The largest absolute Gasteiger partial charge is 0.462 e. The summed E-state index contributed by atoms with van der Waals surface area (Å²) < 4.78 is 16.8. The summed E-state index contributed by atoms with van der Waals surface area (Å²) in [6.07, 6.45) is 81.4. The van der Waals surface area contributed by atoms with Gasteiger partial charge in [-0.2, -0.15) is 0 Å². The summed E-state index contributed by atoms with van der Waals surface area (Å²) in [6, 6.07) is 0. The number of rotatable bonds is 55. The fraction of sp³-hybridized carbons (Fsp3) is 0.716. The van der Waals surface area contributed by atoms with Crippen LogP contribution in [0.1, 0.15) is 290 Å². The maximum atomic E-state index is 12.8. The fourth-order valence-corrected chi connectivity index (χ4v) is 8.50. The smallest absolute Gasteiger partial charge is 0.306 e. The van der Waals surface area contributed by atoms with Crippen LogP contribution in [0.2, 0.25) is 0 Å². The molecule has 0 rings (SSSR count). The number of hydrogen-bond acceptors (Lipinski definition) is 6. The van der Waals surface area contributed by atoms with Gasteiger partial charge in [-0.1, -0.05) is 253 Å². The SMILES string of the molecule is CC/C=C\C/C=C\C/C=C\C/C=C\CCCCCCCCCCCCCCCCCCC(=O)OCC(COC(=O)CCCCCCC/C=C\CCCCCC)OC(=O)CCCCC/C=C\C/C=C\C/C=C\CC. The Morgan fingerprint density at radius 1 is 0.288 bits per heavy atom. The molecule has 1 unspecified atom stereocenters. The molecule has 0 fully saturated rings. The first-order valence-corrected chi connectivity index (χ1v) is 30.7. The Hall–Kier alpha value is -3.67. The highest BCUT2D eigenvalue weighted by atomic mass is 16.6. The average molecular weight is 1020 g/mol. The van der Waals surface area contributed by atoms with Gasteiger partial charge in [0.1, 0.15) is 13.2 Å². The lowest BCUT2D eigenvalue weighted by molar-refractivity contribution is -0.167. The van der Waals surface area contributed by atoms with Crippen LogP contribution in [0.3, 0.4) is 0 Å². The summed E-state index contributed by atoms with van der Waals surface area (Å²) in [6.45, 7) is 6.38. The molecule has 73 heavy (non-hydrogen) atoms. The molecule has 6 nitrogen and oxygen atoms in total. The zero-order valence-corrected chi connectivity index (χ0v) is 47.9. The highest BCUT2D eigenvalue weighted by molar-refractivity contribution is 5.71. The van der Waals surface area contributed by atoms with E-state index < -0.39 is 6.10 Å². The van der Waals surface area contributed by atoms with E-state index in [0.29, 0.717) is 19.3 Å². The van der Waals surface area contributed by atoms with Crippen LogP contribution < -0.4 is 0 Å². The lowest BCUT2D eigenvalue weighted by Crippen LogP contribution is -2.30. The van der Waals surface area contributed by atoms with Crippen molar-refractivity contribution in [1.29, 1.82) is 0 Å². The molecule has 0 aliphatic rings. The van der Waals surface area contributed by atoms with Crippen LogP contribution in [-0.4, -0.2) is 37.2 Å². The van der Waals surface area contributed by atoms with Crippen LogP contribution in [0, 0.1) is 0 Å². The first kappa shape index (κ1) is 69.3. The maximum absolute atomic E-state index is 12.8. The molecule has 0 spiro atoms. The molecule has 0 amide bonds. The van der Waals surface area contributed by atoms with Crippen molar-refractivity contribution in [3.05, 3.63) is 97.2 Å². The van der Waals surface area contributed by atoms with Gasteiger partial charge in [0.15, 0.2) is 6.10 Å². The van der Waals surface area contributed by atoms with Gasteiger partial charge in [-0.05, 0) is 116 Å². The second-order valence-electron chi connectivity index (χ2n) is 20.2. The molecule has 0 heterocycles. The highest BCUT2D eigenvalue weighted by Crippen LogP contribution is 2.16. The average Bonchev–Trinajstić information content (AvgIpc) is 3.39. The van der Waals surface area contributed by atoms with Gasteiger partial charge in [-0.25, -0.2) is 0 Å². The van der Waals surface area contributed by atoms with Crippen molar-refractivity contribution in [1.82, 2.24) is 0 Å². The maximum Gasteiger partial charge on any atom is 0.306 e. The van der Waals surface area contributed by atoms with Crippen molar-refractivity contribution in [3.63, 3.8) is 0 Å². The fourth-order valence-electron chi connectivity index (χ4n) is 8.50. The number of hydrogen-bond donors (Lipinski definition) is 0. The summed E-state index contributed by atoms with van der Waals surface area (Å²) in [5.74, 6) is -0.923. The monoisotopic (exact) mass is 1010 g/mol. The normalized spacial score (nSPS) is 12.8. The Morgan fingerprint density at radius 2 is 0.534 bits per heavy atom. The summed E-state index contributed by atoms with van der Waals surface area (Å²) in [5.41, 5.74) is 0. The molecule has 0 aromatic carbocycles. The van der Waals surface area contributed by atoms with Crippen LogP contribution in [0.4, 0.5) is 0 Å². The van der Waals surface area contributed by atoms with Crippen molar-refractivity contribution >= 4 is 17.9 Å². The number of carbonyl (C=O) groups excluding carboxylic acids is 3. The van der Waals surface area contributed by atoms with E-state index >= 15 is 0 Å². The molecule has 0 N–H and O–H groups in total. The predicted molar refractivity (Wildman–Crippen MR) is 316 cm³/mol. The molecule has 1 atom stereocenters. The number of unbranched alkanes of at least 4 members (excludes halogenated alkanes) is 28. The third-order valence-corrected chi connectivity index (χ3v) is 13.1. The molecular formula is C67H114O6. The van der Waals surface area contributed by atoms with E-state index in [1.807, 2.05) is 0 Å². The Labute approximate surface area is 451 Å². The Balaban J connectivity index is 4.20. The minimum Gasteiger partial charge on any atom is -0.462 e. The van der Waals surface area contributed by atoms with E-state index in [9.17, 15) is 14.4 Å². The van der Waals surface area contributed by atoms with E-state index in [1.165, 1.54) is 135 Å². The van der Waals surface area contributed by atoms with Crippen molar-refractivity contribution < 1.29 is 28.6 Å². The number of esters is 3. The number of ether oxygens (including phenoxy) is 3. The molecule has 0 saturated heterocycles. The van der Waals surface area contributed by atoms with Crippen molar-refractivity contribution in [2.45, 2.75) is 297 Å². The third kappa shape index (κ3) is 59.1. The van der Waals surface area contributed by atoms with Crippen molar-refractivity contribution in [2.75, 3.05) is 13.2 Å².